The normalized spacial score (nSPS) is 15.5. The maximum absolute atomic E-state index is 12.4. The quantitative estimate of drug-likeness (QED) is 0.133. The number of hydrogen-bond donors (Lipinski definition) is 3. The van der Waals surface area contributed by atoms with Crippen molar-refractivity contribution in [3.63, 3.8) is 0 Å². The molecule has 0 saturated carbocycles. The first-order valence-corrected chi connectivity index (χ1v) is 12.5. The van der Waals surface area contributed by atoms with Gasteiger partial charge in [-0.3, -0.25) is 14.4 Å². The van der Waals surface area contributed by atoms with Gasteiger partial charge in [-0.1, -0.05) is 43.5 Å². The van der Waals surface area contributed by atoms with Crippen molar-refractivity contribution in [3.8, 4) is 0 Å². The molecule has 208 valence electrons. The first-order chi connectivity index (χ1) is 16.8. The predicted molar refractivity (Wildman–Crippen MR) is 139 cm³/mol. The van der Waals surface area contributed by atoms with Gasteiger partial charge in [0.25, 0.3) is 5.91 Å². The molecule has 1 aliphatic heterocycles. The minimum Gasteiger partial charge on any atom is -1.00 e. The van der Waals surface area contributed by atoms with Crippen LogP contribution >= 0.6 is 0 Å². The lowest BCUT2D eigenvalue weighted by Crippen LogP contribution is -3.00. The molecule has 3 N–H and O–H groups in total. The molecular formula is C27H43Br2N5O3. The number of piperidine rings is 1. The largest absolute Gasteiger partial charge is 1.00 e. The number of likely N-dealkylation sites (N-methyl/N-ethyl adjacent to an activating group) is 1. The minimum atomic E-state index is -0.376. The van der Waals surface area contributed by atoms with Crippen molar-refractivity contribution in [1.29, 1.82) is 0 Å². The van der Waals surface area contributed by atoms with Gasteiger partial charge in [0, 0.05) is 5.56 Å². The van der Waals surface area contributed by atoms with E-state index in [4.69, 9.17) is 0 Å². The van der Waals surface area contributed by atoms with E-state index in [2.05, 4.69) is 48.3 Å². The molecule has 37 heavy (non-hydrogen) atoms. The molecule has 1 aliphatic rings. The van der Waals surface area contributed by atoms with Crippen LogP contribution in [0.4, 0.5) is 0 Å². The van der Waals surface area contributed by atoms with Gasteiger partial charge in [-0.05, 0) is 31.4 Å². The summed E-state index contributed by atoms with van der Waals surface area (Å²) in [5.74, 6) is -0.775. The number of likely N-dealkylation sites (tertiary alicyclic amines) is 1. The maximum atomic E-state index is 12.4. The van der Waals surface area contributed by atoms with E-state index in [0.29, 0.717) is 17.6 Å². The van der Waals surface area contributed by atoms with E-state index >= 15 is 0 Å². The van der Waals surface area contributed by atoms with Gasteiger partial charge >= 0.3 is 0 Å². The highest BCUT2D eigenvalue weighted by atomic mass is 79.9. The highest BCUT2D eigenvalue weighted by Gasteiger charge is 2.31. The number of hydrogen-bond acceptors (Lipinski definition) is 3. The fraction of sp³-hybridized carbons (Fsp3) is 0.519. The van der Waals surface area contributed by atoms with E-state index in [-0.39, 0.29) is 64.8 Å². The second-order valence-corrected chi connectivity index (χ2v) is 9.84. The third-order valence-corrected chi connectivity index (χ3v) is 6.60. The monoisotopic (exact) mass is 643 g/mol. The topological polar surface area (TPSA) is 87.3 Å². The van der Waals surface area contributed by atoms with Crippen LogP contribution in [0.2, 0.25) is 0 Å². The number of nitrogens with one attached hydrogen (secondary N) is 3. The van der Waals surface area contributed by atoms with Gasteiger partial charge in [0.1, 0.15) is 6.54 Å². The Bertz CT molecular complexity index is 863. The lowest BCUT2D eigenvalue weighted by Gasteiger charge is -2.40. The number of carbonyl (C=O) groups is 3. The van der Waals surface area contributed by atoms with Crippen LogP contribution in [0, 0.1) is 0 Å². The Kier molecular flexibility index (Phi) is 17.3. The van der Waals surface area contributed by atoms with Crippen molar-refractivity contribution in [2.24, 2.45) is 0 Å². The third-order valence-electron chi connectivity index (χ3n) is 6.60. The van der Waals surface area contributed by atoms with Crippen LogP contribution in [0.3, 0.4) is 0 Å². The van der Waals surface area contributed by atoms with E-state index in [1.54, 1.807) is 0 Å². The van der Waals surface area contributed by atoms with E-state index in [9.17, 15) is 14.4 Å². The minimum absolute atomic E-state index is 0. The molecule has 1 saturated heterocycles. The van der Waals surface area contributed by atoms with E-state index in [0.717, 1.165) is 56.6 Å². The molecular weight excluding hydrogens is 602 g/mol. The number of quaternary nitrogens is 2. The predicted octanol–water partition coefficient (Wildman–Crippen LogP) is -4.64. The van der Waals surface area contributed by atoms with E-state index in [1.807, 2.05) is 30.4 Å². The summed E-state index contributed by atoms with van der Waals surface area (Å²) in [6, 6.07) is 10.2. The smallest absolute Gasteiger partial charge is 0.275 e. The number of benzene rings is 1. The summed E-state index contributed by atoms with van der Waals surface area (Å²) in [5, 5.41) is 8.15. The molecule has 10 heteroatoms. The number of carbonyl (C=O) groups excluding carboxylic acids is 3. The van der Waals surface area contributed by atoms with Crippen LogP contribution in [0.15, 0.2) is 55.6 Å². The zero-order valence-electron chi connectivity index (χ0n) is 22.0. The molecule has 0 spiro atoms. The summed E-state index contributed by atoms with van der Waals surface area (Å²) in [5.41, 5.74) is 1.23. The van der Waals surface area contributed by atoms with Gasteiger partial charge in [-0.25, -0.2) is 0 Å². The first-order valence-electron chi connectivity index (χ1n) is 12.5. The summed E-state index contributed by atoms with van der Waals surface area (Å²) < 4.78 is 1.42. The van der Waals surface area contributed by atoms with Gasteiger partial charge in [-0.15, -0.1) is 0 Å². The van der Waals surface area contributed by atoms with E-state index < -0.39 is 0 Å². The summed E-state index contributed by atoms with van der Waals surface area (Å²) in [4.78, 5) is 36.8. The highest BCUT2D eigenvalue weighted by molar-refractivity contribution is 5.88. The molecule has 1 unspecified atom stereocenters. The molecule has 0 aliphatic carbocycles. The molecule has 1 atom stereocenters. The average Bonchev–Trinajstić information content (AvgIpc) is 2.83. The molecule has 0 bridgehead atoms. The second kappa shape index (κ2) is 18.3. The molecule has 1 heterocycles. The summed E-state index contributed by atoms with van der Waals surface area (Å²) >= 11 is 0. The molecule has 3 amide bonds. The lowest BCUT2D eigenvalue weighted by molar-refractivity contribution is -0.919. The van der Waals surface area contributed by atoms with Gasteiger partial charge in [0.05, 0.1) is 59.4 Å². The second-order valence-electron chi connectivity index (χ2n) is 9.84. The fourth-order valence-corrected chi connectivity index (χ4v) is 4.74. The molecule has 2 rings (SSSR count). The van der Waals surface area contributed by atoms with Crippen molar-refractivity contribution in [2.75, 3.05) is 66.0 Å². The summed E-state index contributed by atoms with van der Waals surface area (Å²) in [6.07, 6.45) is 7.17. The van der Waals surface area contributed by atoms with Gasteiger partial charge < -0.3 is 58.9 Å². The van der Waals surface area contributed by atoms with Crippen molar-refractivity contribution in [2.45, 2.75) is 25.8 Å². The van der Waals surface area contributed by atoms with Gasteiger partial charge in [-0.2, -0.15) is 0 Å². The van der Waals surface area contributed by atoms with Crippen LogP contribution in [0.5, 0.6) is 0 Å². The number of nitrogens with zero attached hydrogens (tertiary/aromatic N) is 2. The summed E-state index contributed by atoms with van der Waals surface area (Å²) in [6.45, 7) is 13.3. The highest BCUT2D eigenvalue weighted by Crippen LogP contribution is 2.18. The fourth-order valence-electron chi connectivity index (χ4n) is 4.74. The Hall–Kier alpha value is -2.01. The maximum Gasteiger partial charge on any atom is 0.275 e. The van der Waals surface area contributed by atoms with E-state index in [1.165, 1.54) is 12.0 Å². The summed E-state index contributed by atoms with van der Waals surface area (Å²) in [7, 11) is 2.14. The lowest BCUT2D eigenvalue weighted by atomic mass is 10.1. The Morgan fingerprint density at radius 1 is 0.892 bits per heavy atom. The number of rotatable bonds is 15. The Labute approximate surface area is 243 Å². The Morgan fingerprint density at radius 2 is 1.49 bits per heavy atom. The Balaban J connectivity index is 0.00000648. The first kappa shape index (κ1) is 35.0. The number of halogens is 2. The molecule has 0 radical (unpaired) electrons. The van der Waals surface area contributed by atoms with Gasteiger partial charge in [0.2, 0.25) is 11.8 Å². The SMILES string of the molecule is C=CC[N+](C)(CCNC(=O)CNC(=O)CNC(=O)C[N+]1(CC=C)CCCCC1)Cc1ccccc1.[Br-].[Br-]. The van der Waals surface area contributed by atoms with Crippen LogP contribution in [0.1, 0.15) is 24.8 Å². The molecule has 1 aromatic carbocycles. The zero-order chi connectivity index (χ0) is 25.6. The molecule has 1 aromatic rings. The van der Waals surface area contributed by atoms with Crippen LogP contribution < -0.4 is 49.9 Å². The standard InChI is InChI=1S/C27H41N5O3.2BrH/c1-4-15-31(3,22-24-12-8-6-9-13-24)19-14-28-25(33)20-29-26(34)21-30-27(35)23-32(16-5-2)17-10-7-11-18-32;;/h4-6,8-9,12-13H,1-2,7,10-11,14-23H2,3H3,(H-2,28,29,30,33,34,35);2*1H. The van der Waals surface area contributed by atoms with Crippen LogP contribution in [-0.2, 0) is 20.9 Å². The van der Waals surface area contributed by atoms with Crippen molar-refractivity contribution < 1.29 is 57.3 Å². The van der Waals surface area contributed by atoms with Crippen molar-refractivity contribution in [3.05, 3.63) is 61.2 Å². The van der Waals surface area contributed by atoms with Crippen LogP contribution in [-0.4, -0.2) is 92.6 Å². The average molecular weight is 645 g/mol. The van der Waals surface area contributed by atoms with Gasteiger partial charge in [0.15, 0.2) is 6.54 Å². The Morgan fingerprint density at radius 3 is 2.08 bits per heavy atom. The molecule has 8 nitrogen and oxygen atoms in total. The zero-order valence-corrected chi connectivity index (χ0v) is 25.2. The number of amides is 3. The third kappa shape index (κ3) is 13.4. The molecule has 1 fully saturated rings. The van der Waals surface area contributed by atoms with Crippen molar-refractivity contribution >= 4 is 17.7 Å². The van der Waals surface area contributed by atoms with Crippen molar-refractivity contribution in [1.82, 2.24) is 16.0 Å². The molecule has 0 aromatic heterocycles. The van der Waals surface area contributed by atoms with Crippen LogP contribution in [0.25, 0.3) is 0 Å².